The van der Waals surface area contributed by atoms with E-state index in [1.165, 1.54) is 0 Å². The fraction of sp³-hybridized carbons (Fsp3) is 0.381. The normalized spacial score (nSPS) is 11.9. The Hall–Kier alpha value is -1.77. The summed E-state index contributed by atoms with van der Waals surface area (Å²) in [5.74, 6) is 0. The topological polar surface area (TPSA) is 59.8 Å². The number of aryl methyl sites for hydroxylation is 2. The second-order valence-electron chi connectivity index (χ2n) is 7.85. The van der Waals surface area contributed by atoms with E-state index in [0.29, 0.717) is 6.04 Å². The van der Waals surface area contributed by atoms with Gasteiger partial charge >= 0.3 is 0 Å². The van der Waals surface area contributed by atoms with Gasteiger partial charge in [0.1, 0.15) is 11.6 Å². The summed E-state index contributed by atoms with van der Waals surface area (Å²) in [6.45, 7) is 7.85. The smallest absolute Gasteiger partial charge is 0.249 e. The minimum Gasteiger partial charge on any atom is -0.384 e. The molecule has 6 nitrogen and oxygen atoms in total. The number of benzene rings is 2. The van der Waals surface area contributed by atoms with Crippen LogP contribution in [0.5, 0.6) is 0 Å². The summed E-state index contributed by atoms with van der Waals surface area (Å²) in [6.07, 6.45) is 0. The molecule has 4 rings (SSSR count). The molecule has 0 bridgehead atoms. The number of hydrogen-bond donors (Lipinski definition) is 1. The summed E-state index contributed by atoms with van der Waals surface area (Å²) in [6, 6.07) is 12.4. The fourth-order valence-corrected chi connectivity index (χ4v) is 4.34. The van der Waals surface area contributed by atoms with Crippen molar-refractivity contribution in [2.45, 2.75) is 39.3 Å². The van der Waals surface area contributed by atoms with Gasteiger partial charge in [0.2, 0.25) is 11.0 Å². The molecule has 4 aromatic rings. The van der Waals surface area contributed by atoms with Crippen molar-refractivity contribution in [1.29, 1.82) is 0 Å². The van der Waals surface area contributed by atoms with Gasteiger partial charge in [0, 0.05) is 32.5 Å². The van der Waals surface area contributed by atoms with Crippen LogP contribution in [0, 0.1) is 0 Å². The molecule has 1 N–H and O–H groups in total. The van der Waals surface area contributed by atoms with E-state index < -0.39 is 5.60 Å². The van der Waals surface area contributed by atoms with E-state index in [-0.39, 0.29) is 0 Å². The van der Waals surface area contributed by atoms with Gasteiger partial charge in [0.15, 0.2) is 0 Å². The monoisotopic (exact) mass is 522 g/mol. The van der Waals surface area contributed by atoms with Crippen molar-refractivity contribution < 1.29 is 9.79 Å². The van der Waals surface area contributed by atoms with Gasteiger partial charge in [-0.25, -0.2) is 0 Å². The van der Waals surface area contributed by atoms with Crippen molar-refractivity contribution >= 4 is 53.8 Å². The Bertz CT molecular complexity index is 1170. The third kappa shape index (κ3) is 4.54. The molecule has 2 heterocycles. The van der Waals surface area contributed by atoms with Gasteiger partial charge in [0.05, 0.1) is 18.3 Å². The first kappa shape index (κ1) is 21.9. The summed E-state index contributed by atoms with van der Waals surface area (Å²) in [4.78, 5) is 1.89. The lowest BCUT2D eigenvalue weighted by atomic mass is 10.0. The first-order valence-corrected chi connectivity index (χ1v) is 11.0. The zero-order valence-electron chi connectivity index (χ0n) is 17.5. The highest BCUT2D eigenvalue weighted by molar-refractivity contribution is 9.10. The van der Waals surface area contributed by atoms with E-state index in [1.807, 2.05) is 49.2 Å². The fourth-order valence-electron chi connectivity index (χ4n) is 3.63. The van der Waals surface area contributed by atoms with Crippen molar-refractivity contribution in [3.63, 3.8) is 0 Å². The zero-order chi connectivity index (χ0) is 21.5. The van der Waals surface area contributed by atoms with Crippen molar-refractivity contribution in [1.82, 2.24) is 19.7 Å². The molecule has 0 amide bonds. The second-order valence-corrected chi connectivity index (χ2v) is 9.68. The number of hydrogen-bond acceptors (Lipinski definition) is 3. The Morgan fingerprint density at radius 1 is 0.966 bits per heavy atom. The van der Waals surface area contributed by atoms with Crippen molar-refractivity contribution in [3.8, 4) is 0 Å². The van der Waals surface area contributed by atoms with Crippen molar-refractivity contribution in [2.75, 3.05) is 0 Å². The average Bonchev–Trinajstić information content (AvgIpc) is 3.09. The third-order valence-corrected chi connectivity index (χ3v) is 5.60. The molecule has 0 radical (unpaired) electrons. The SMILES string of the molecule is CC(C)[n+]1c2cc(Br)ccc2nn1C.Cn1nc2ccc(Br)cc2c1C(C)(C)O. The van der Waals surface area contributed by atoms with Crippen LogP contribution in [0.2, 0.25) is 0 Å². The Labute approximate surface area is 187 Å². The number of halogens is 2. The van der Waals surface area contributed by atoms with Gasteiger partial charge in [0.25, 0.3) is 0 Å². The van der Waals surface area contributed by atoms with Crippen LogP contribution in [0.1, 0.15) is 39.4 Å². The standard InChI is InChI=1S/C11H13BrN2O.C10H13BrN3/c1-11(2,15)10-8-6-7(12)4-5-9(8)13-14(10)3;1-7(2)14-10-6-8(11)4-5-9(10)12-13(14)3/h4-6,15H,1-3H3;4-7H,1-3H3/q;+1. The molecule has 154 valence electrons. The van der Waals surface area contributed by atoms with E-state index in [2.05, 4.69) is 66.7 Å². The predicted molar refractivity (Wildman–Crippen MR) is 123 cm³/mol. The first-order valence-electron chi connectivity index (χ1n) is 9.38. The molecule has 8 heteroatoms. The van der Waals surface area contributed by atoms with Crippen LogP contribution < -0.4 is 4.68 Å². The van der Waals surface area contributed by atoms with Crippen LogP contribution in [0.25, 0.3) is 21.9 Å². The lowest BCUT2D eigenvalue weighted by Crippen LogP contribution is -2.44. The van der Waals surface area contributed by atoms with Crippen LogP contribution >= 0.6 is 31.9 Å². The van der Waals surface area contributed by atoms with Crippen LogP contribution in [-0.2, 0) is 19.7 Å². The summed E-state index contributed by atoms with van der Waals surface area (Å²) >= 11 is 6.90. The van der Waals surface area contributed by atoms with Gasteiger partial charge in [-0.15, -0.1) is 0 Å². The van der Waals surface area contributed by atoms with Crippen LogP contribution in [-0.4, -0.2) is 24.8 Å². The Kier molecular flexibility index (Phi) is 6.17. The lowest BCUT2D eigenvalue weighted by Gasteiger charge is -2.18. The molecule has 0 aliphatic heterocycles. The molecule has 29 heavy (non-hydrogen) atoms. The van der Waals surface area contributed by atoms with E-state index in [1.54, 1.807) is 18.5 Å². The maximum absolute atomic E-state index is 10.1. The summed E-state index contributed by atoms with van der Waals surface area (Å²) < 4.78 is 5.98. The Morgan fingerprint density at radius 2 is 1.55 bits per heavy atom. The van der Waals surface area contributed by atoms with Crippen molar-refractivity contribution in [2.24, 2.45) is 14.1 Å². The molecule has 2 aromatic heterocycles. The molecule has 0 spiro atoms. The Balaban J connectivity index is 0.000000166. The quantitative estimate of drug-likeness (QED) is 0.385. The minimum absolute atomic E-state index is 0.416. The number of aliphatic hydroxyl groups is 1. The number of nitrogens with zero attached hydrogens (tertiary/aromatic N) is 5. The van der Waals surface area contributed by atoms with Gasteiger partial charge < -0.3 is 5.11 Å². The van der Waals surface area contributed by atoms with E-state index >= 15 is 0 Å². The zero-order valence-corrected chi connectivity index (χ0v) is 20.7. The maximum Gasteiger partial charge on any atom is 0.249 e. The van der Waals surface area contributed by atoms with Crippen LogP contribution in [0.3, 0.4) is 0 Å². The molecular formula is C21H26Br2N5O+. The molecule has 0 aliphatic rings. The molecular weight excluding hydrogens is 498 g/mol. The Morgan fingerprint density at radius 3 is 2.14 bits per heavy atom. The van der Waals surface area contributed by atoms with Gasteiger partial charge in [-0.05, 0) is 62.8 Å². The molecule has 0 saturated heterocycles. The lowest BCUT2D eigenvalue weighted by molar-refractivity contribution is -0.772. The van der Waals surface area contributed by atoms with E-state index in [4.69, 9.17) is 0 Å². The predicted octanol–water partition coefficient (Wildman–Crippen LogP) is 4.77. The van der Waals surface area contributed by atoms with Gasteiger partial charge in [-0.3, -0.25) is 4.68 Å². The second kappa shape index (κ2) is 8.16. The summed E-state index contributed by atoms with van der Waals surface area (Å²) in [5.41, 5.74) is 3.04. The largest absolute Gasteiger partial charge is 0.384 e. The average molecular weight is 524 g/mol. The minimum atomic E-state index is -0.885. The summed E-state index contributed by atoms with van der Waals surface area (Å²) in [7, 11) is 3.81. The maximum atomic E-state index is 10.1. The third-order valence-electron chi connectivity index (χ3n) is 4.61. The van der Waals surface area contributed by atoms with Gasteiger partial charge in [-0.2, -0.15) is 9.78 Å². The highest BCUT2D eigenvalue weighted by atomic mass is 79.9. The van der Waals surface area contributed by atoms with Crippen LogP contribution in [0.15, 0.2) is 45.3 Å². The highest BCUT2D eigenvalue weighted by Crippen LogP contribution is 2.29. The number of rotatable bonds is 2. The number of aromatic nitrogens is 5. The molecule has 0 atom stereocenters. The van der Waals surface area contributed by atoms with E-state index in [9.17, 15) is 5.11 Å². The molecule has 0 fully saturated rings. The summed E-state index contributed by atoms with van der Waals surface area (Å²) in [5, 5.41) is 19.8. The highest BCUT2D eigenvalue weighted by Gasteiger charge is 2.24. The molecule has 0 saturated carbocycles. The van der Waals surface area contributed by atoms with Crippen molar-refractivity contribution in [3.05, 3.63) is 51.0 Å². The van der Waals surface area contributed by atoms with Crippen LogP contribution in [0.4, 0.5) is 0 Å². The molecule has 0 unspecified atom stereocenters. The molecule has 2 aromatic carbocycles. The van der Waals surface area contributed by atoms with Gasteiger partial charge in [-0.1, -0.05) is 31.9 Å². The molecule has 0 aliphatic carbocycles. The number of fused-ring (bicyclic) bond motifs is 2. The first-order chi connectivity index (χ1) is 13.5. The van der Waals surface area contributed by atoms with E-state index in [0.717, 1.165) is 36.6 Å².